The first-order valence-electron chi connectivity index (χ1n) is 5.07. The van der Waals surface area contributed by atoms with E-state index in [-0.39, 0.29) is 5.82 Å². The van der Waals surface area contributed by atoms with Crippen molar-refractivity contribution >= 4 is 0 Å². The van der Waals surface area contributed by atoms with Gasteiger partial charge in [0, 0.05) is 12.4 Å². The summed E-state index contributed by atoms with van der Waals surface area (Å²) in [6, 6.07) is 4.70. The first kappa shape index (κ1) is 10.8. The summed E-state index contributed by atoms with van der Waals surface area (Å²) in [5, 5.41) is 9.34. The van der Waals surface area contributed by atoms with Crippen LogP contribution in [-0.2, 0) is 0 Å². The number of aliphatic hydroxyl groups excluding tert-OH is 1. The van der Waals surface area contributed by atoms with E-state index < -0.39 is 6.10 Å². The molecule has 0 fully saturated rings. The Morgan fingerprint density at radius 1 is 1.44 bits per heavy atom. The average Bonchev–Trinajstić information content (AvgIpc) is 2.64. The van der Waals surface area contributed by atoms with E-state index in [1.807, 2.05) is 6.92 Å². The molecule has 1 aromatic carbocycles. The van der Waals surface area contributed by atoms with E-state index >= 15 is 0 Å². The Bertz CT molecular complexity index is 505. The lowest BCUT2D eigenvalue weighted by Crippen LogP contribution is -2.01. The lowest BCUT2D eigenvalue weighted by Gasteiger charge is -2.09. The van der Waals surface area contributed by atoms with Gasteiger partial charge >= 0.3 is 0 Å². The largest absolute Gasteiger partial charge is 0.389 e. The molecular formula is C12H13FN2O. The minimum atomic E-state index is -0.660. The van der Waals surface area contributed by atoms with Gasteiger partial charge in [-0.15, -0.1) is 0 Å². The Morgan fingerprint density at radius 3 is 2.69 bits per heavy atom. The Morgan fingerprint density at radius 2 is 2.19 bits per heavy atom. The van der Waals surface area contributed by atoms with E-state index in [1.165, 1.54) is 6.07 Å². The minimum absolute atomic E-state index is 0.362. The lowest BCUT2D eigenvalue weighted by atomic mass is 10.1. The highest BCUT2D eigenvalue weighted by atomic mass is 19.1. The second kappa shape index (κ2) is 4.06. The summed E-state index contributed by atoms with van der Waals surface area (Å²) >= 11 is 0. The molecule has 1 N–H and O–H groups in total. The van der Waals surface area contributed by atoms with Crippen molar-refractivity contribution in [2.24, 2.45) is 0 Å². The van der Waals surface area contributed by atoms with Gasteiger partial charge < -0.3 is 9.67 Å². The molecule has 4 heteroatoms. The maximum Gasteiger partial charge on any atom is 0.147 e. The van der Waals surface area contributed by atoms with Gasteiger partial charge in [0.1, 0.15) is 11.6 Å². The summed E-state index contributed by atoms with van der Waals surface area (Å²) < 4.78 is 15.5. The molecule has 0 saturated carbocycles. The number of nitrogens with zero attached hydrogens (tertiary/aromatic N) is 2. The number of aromatic nitrogens is 2. The number of imidazole rings is 1. The molecule has 0 spiro atoms. The van der Waals surface area contributed by atoms with Crippen molar-refractivity contribution in [3.05, 3.63) is 47.8 Å². The number of benzene rings is 1. The minimum Gasteiger partial charge on any atom is -0.389 e. The summed E-state index contributed by atoms with van der Waals surface area (Å²) in [6.07, 6.45) is 2.67. The SMILES string of the molecule is Cc1nccn1-c1ccc([C@@H](C)O)cc1F. The molecule has 1 atom stereocenters. The molecule has 0 bridgehead atoms. The van der Waals surface area contributed by atoms with E-state index in [4.69, 9.17) is 0 Å². The molecule has 0 unspecified atom stereocenters. The molecule has 0 aliphatic rings. The van der Waals surface area contributed by atoms with E-state index in [0.717, 1.165) is 5.82 Å². The number of halogens is 1. The van der Waals surface area contributed by atoms with E-state index in [0.29, 0.717) is 11.3 Å². The van der Waals surface area contributed by atoms with E-state index in [2.05, 4.69) is 4.98 Å². The summed E-state index contributed by atoms with van der Waals surface area (Å²) in [4.78, 5) is 4.04. The second-order valence-corrected chi connectivity index (χ2v) is 3.73. The highest BCUT2D eigenvalue weighted by Gasteiger charge is 2.09. The maximum atomic E-state index is 13.8. The highest BCUT2D eigenvalue weighted by molar-refractivity contribution is 5.38. The molecule has 0 aliphatic heterocycles. The summed E-state index contributed by atoms with van der Waals surface area (Å²) in [6.45, 7) is 3.42. The van der Waals surface area contributed by atoms with Crippen LogP contribution in [0.3, 0.4) is 0 Å². The predicted molar refractivity (Wildman–Crippen MR) is 58.9 cm³/mol. The van der Waals surface area contributed by atoms with Crippen molar-refractivity contribution in [1.29, 1.82) is 0 Å². The fraction of sp³-hybridized carbons (Fsp3) is 0.250. The second-order valence-electron chi connectivity index (χ2n) is 3.73. The van der Waals surface area contributed by atoms with Crippen molar-refractivity contribution in [2.75, 3.05) is 0 Å². The number of hydrogen-bond donors (Lipinski definition) is 1. The quantitative estimate of drug-likeness (QED) is 0.843. The first-order chi connectivity index (χ1) is 7.59. The van der Waals surface area contributed by atoms with Gasteiger partial charge in [-0.3, -0.25) is 0 Å². The van der Waals surface area contributed by atoms with Crippen molar-refractivity contribution in [3.8, 4) is 5.69 Å². The molecule has 84 valence electrons. The Hall–Kier alpha value is -1.68. The van der Waals surface area contributed by atoms with Gasteiger partial charge in [-0.25, -0.2) is 9.37 Å². The van der Waals surface area contributed by atoms with Gasteiger partial charge in [-0.1, -0.05) is 6.07 Å². The van der Waals surface area contributed by atoms with Crippen LogP contribution in [-0.4, -0.2) is 14.7 Å². The lowest BCUT2D eigenvalue weighted by molar-refractivity contribution is 0.199. The molecule has 1 heterocycles. The molecule has 2 rings (SSSR count). The average molecular weight is 220 g/mol. The van der Waals surface area contributed by atoms with Crippen LogP contribution in [0.4, 0.5) is 4.39 Å². The third-order valence-electron chi connectivity index (χ3n) is 2.54. The normalized spacial score (nSPS) is 12.8. The van der Waals surface area contributed by atoms with E-state index in [9.17, 15) is 9.50 Å². The smallest absolute Gasteiger partial charge is 0.147 e. The number of rotatable bonds is 2. The van der Waals surface area contributed by atoms with Crippen LogP contribution < -0.4 is 0 Å². The topological polar surface area (TPSA) is 38.0 Å². The molecule has 0 radical (unpaired) electrons. The fourth-order valence-electron chi connectivity index (χ4n) is 1.61. The molecular weight excluding hydrogens is 207 g/mol. The number of aryl methyl sites for hydroxylation is 1. The molecule has 0 amide bonds. The van der Waals surface area contributed by atoms with Crippen LogP contribution in [0.25, 0.3) is 5.69 Å². The summed E-state index contributed by atoms with van der Waals surface area (Å²) in [7, 11) is 0. The van der Waals surface area contributed by atoms with Gasteiger partial charge in [0.2, 0.25) is 0 Å². The third kappa shape index (κ3) is 1.84. The molecule has 16 heavy (non-hydrogen) atoms. The van der Waals surface area contributed by atoms with Crippen LogP contribution in [0.2, 0.25) is 0 Å². The van der Waals surface area contributed by atoms with Crippen LogP contribution in [0.1, 0.15) is 24.4 Å². The van der Waals surface area contributed by atoms with Gasteiger partial charge in [0.15, 0.2) is 0 Å². The predicted octanol–water partition coefficient (Wildman–Crippen LogP) is 2.37. The van der Waals surface area contributed by atoms with Crippen LogP contribution in [0.15, 0.2) is 30.6 Å². The highest BCUT2D eigenvalue weighted by Crippen LogP contribution is 2.20. The fourth-order valence-corrected chi connectivity index (χ4v) is 1.61. The molecule has 0 aliphatic carbocycles. The Kier molecular flexibility index (Phi) is 2.75. The van der Waals surface area contributed by atoms with Crippen LogP contribution in [0.5, 0.6) is 0 Å². The number of aliphatic hydroxyl groups is 1. The van der Waals surface area contributed by atoms with Crippen molar-refractivity contribution in [2.45, 2.75) is 20.0 Å². The summed E-state index contributed by atoms with van der Waals surface area (Å²) in [5.74, 6) is 0.364. The Balaban J connectivity index is 2.48. The summed E-state index contributed by atoms with van der Waals surface area (Å²) in [5.41, 5.74) is 1.01. The molecule has 3 nitrogen and oxygen atoms in total. The van der Waals surface area contributed by atoms with E-state index in [1.54, 1.807) is 36.0 Å². The van der Waals surface area contributed by atoms with Crippen LogP contribution >= 0.6 is 0 Å². The maximum absolute atomic E-state index is 13.8. The van der Waals surface area contributed by atoms with Gasteiger partial charge in [-0.05, 0) is 31.5 Å². The van der Waals surface area contributed by atoms with Crippen molar-refractivity contribution in [1.82, 2.24) is 9.55 Å². The first-order valence-corrected chi connectivity index (χ1v) is 5.07. The zero-order chi connectivity index (χ0) is 11.7. The standard InChI is InChI=1S/C12H13FN2O/c1-8(16)10-3-4-12(11(13)7-10)15-6-5-14-9(15)2/h3-8,16H,1-2H3/t8-/m1/s1. The van der Waals surface area contributed by atoms with Gasteiger partial charge in [0.05, 0.1) is 11.8 Å². The van der Waals surface area contributed by atoms with Crippen molar-refractivity contribution < 1.29 is 9.50 Å². The zero-order valence-corrected chi connectivity index (χ0v) is 9.18. The Labute approximate surface area is 93.2 Å². The monoisotopic (exact) mass is 220 g/mol. The third-order valence-corrected chi connectivity index (χ3v) is 2.54. The van der Waals surface area contributed by atoms with Gasteiger partial charge in [0.25, 0.3) is 0 Å². The van der Waals surface area contributed by atoms with Gasteiger partial charge in [-0.2, -0.15) is 0 Å². The number of hydrogen-bond acceptors (Lipinski definition) is 2. The molecule has 2 aromatic rings. The van der Waals surface area contributed by atoms with Crippen LogP contribution in [0, 0.1) is 12.7 Å². The molecule has 1 aromatic heterocycles. The molecule has 0 saturated heterocycles. The zero-order valence-electron chi connectivity index (χ0n) is 9.18. The van der Waals surface area contributed by atoms with Crippen molar-refractivity contribution in [3.63, 3.8) is 0 Å².